The number of carbonyl (C=O) groups is 1. The Kier molecular flexibility index (Phi) is 11.3. The van der Waals surface area contributed by atoms with E-state index in [1.54, 1.807) is 12.1 Å². The van der Waals surface area contributed by atoms with Crippen LogP contribution in [0.3, 0.4) is 0 Å². The van der Waals surface area contributed by atoms with Gasteiger partial charge in [-0.1, -0.05) is 44.1 Å². The van der Waals surface area contributed by atoms with E-state index < -0.39 is 0 Å². The maximum atomic E-state index is 12.2. The van der Waals surface area contributed by atoms with Gasteiger partial charge >= 0.3 is 5.97 Å². The normalized spacial score (nSPS) is 25.6. The molecule has 1 aromatic rings. The number of benzene rings is 1. The number of azide groups is 1. The number of ether oxygens (including phenoxy) is 5. The third kappa shape index (κ3) is 8.47. The first kappa shape index (κ1) is 25.1. The molecule has 0 radical (unpaired) electrons. The van der Waals surface area contributed by atoms with E-state index in [0.717, 1.165) is 0 Å². The van der Waals surface area contributed by atoms with Gasteiger partial charge in [-0.05, 0) is 29.5 Å². The van der Waals surface area contributed by atoms with Crippen molar-refractivity contribution in [1.29, 1.82) is 0 Å². The van der Waals surface area contributed by atoms with Crippen molar-refractivity contribution in [3.8, 4) is 0 Å². The van der Waals surface area contributed by atoms with Gasteiger partial charge in [0.15, 0.2) is 6.29 Å². The second-order valence-corrected chi connectivity index (χ2v) is 7.63. The van der Waals surface area contributed by atoms with Crippen LogP contribution in [0.2, 0.25) is 0 Å². The number of rotatable bonds is 13. The van der Waals surface area contributed by atoms with E-state index in [1.165, 1.54) is 0 Å². The minimum absolute atomic E-state index is 0.190. The highest BCUT2D eigenvalue weighted by atomic mass is 16.7. The molecule has 1 aliphatic heterocycles. The van der Waals surface area contributed by atoms with Gasteiger partial charge in [-0.25, -0.2) is 4.79 Å². The van der Waals surface area contributed by atoms with E-state index in [0.29, 0.717) is 51.1 Å². The van der Waals surface area contributed by atoms with Gasteiger partial charge in [-0.15, -0.1) is 0 Å². The minimum atomic E-state index is -0.379. The predicted octanol–water partition coefficient (Wildman–Crippen LogP) is 3.84. The Morgan fingerprint density at radius 3 is 2.39 bits per heavy atom. The van der Waals surface area contributed by atoms with Crippen LogP contribution in [0.15, 0.2) is 35.4 Å². The summed E-state index contributed by atoms with van der Waals surface area (Å²) in [7, 11) is 0. The summed E-state index contributed by atoms with van der Waals surface area (Å²) in [5.74, 6) is 0.442. The molecule has 1 aromatic carbocycles. The molecule has 0 N–H and O–H groups in total. The van der Waals surface area contributed by atoms with Crippen LogP contribution in [0.1, 0.15) is 31.1 Å². The number of hydrogen-bond donors (Lipinski definition) is 0. The van der Waals surface area contributed by atoms with Crippen LogP contribution in [-0.2, 0) is 23.7 Å². The van der Waals surface area contributed by atoms with E-state index in [1.807, 2.05) is 18.2 Å². The van der Waals surface area contributed by atoms with Gasteiger partial charge in [-0.3, -0.25) is 0 Å². The van der Waals surface area contributed by atoms with E-state index in [9.17, 15) is 4.79 Å². The zero-order valence-corrected chi connectivity index (χ0v) is 18.5. The molecule has 9 heteroatoms. The third-order valence-electron chi connectivity index (χ3n) is 5.65. The van der Waals surface area contributed by atoms with E-state index in [-0.39, 0.29) is 36.8 Å². The highest BCUT2D eigenvalue weighted by molar-refractivity contribution is 5.89. The molecule has 0 bridgehead atoms. The molecule has 0 aliphatic carbocycles. The molecule has 9 nitrogen and oxygen atoms in total. The molecule has 2 rings (SSSR count). The second kappa shape index (κ2) is 14.0. The van der Waals surface area contributed by atoms with Gasteiger partial charge in [0.1, 0.15) is 6.61 Å². The lowest BCUT2D eigenvalue weighted by Crippen LogP contribution is -2.48. The molecule has 0 amide bonds. The summed E-state index contributed by atoms with van der Waals surface area (Å²) >= 11 is 0. The van der Waals surface area contributed by atoms with Crippen molar-refractivity contribution in [2.45, 2.75) is 33.2 Å². The largest absolute Gasteiger partial charge is 0.459 e. The minimum Gasteiger partial charge on any atom is -0.459 e. The van der Waals surface area contributed by atoms with Gasteiger partial charge < -0.3 is 23.7 Å². The molecule has 31 heavy (non-hydrogen) atoms. The number of esters is 1. The first-order chi connectivity index (χ1) is 15.0. The Bertz CT molecular complexity index is 698. The topological polar surface area (TPSA) is 112 Å². The average molecular weight is 436 g/mol. The van der Waals surface area contributed by atoms with Crippen molar-refractivity contribution in [3.05, 3.63) is 46.3 Å². The molecule has 1 heterocycles. The molecule has 1 aliphatic rings. The van der Waals surface area contributed by atoms with Crippen molar-refractivity contribution in [2.24, 2.45) is 22.9 Å². The summed E-state index contributed by atoms with van der Waals surface area (Å²) in [4.78, 5) is 14.9. The molecule has 0 saturated carbocycles. The van der Waals surface area contributed by atoms with Crippen molar-refractivity contribution >= 4 is 5.97 Å². The Hall–Kier alpha value is -2.16. The van der Waals surface area contributed by atoms with Crippen molar-refractivity contribution < 1.29 is 28.5 Å². The van der Waals surface area contributed by atoms with Gasteiger partial charge in [0.05, 0.1) is 44.7 Å². The van der Waals surface area contributed by atoms with Gasteiger partial charge in [0, 0.05) is 17.4 Å². The zero-order valence-electron chi connectivity index (χ0n) is 18.5. The molecular weight excluding hydrogens is 402 g/mol. The Morgan fingerprint density at radius 2 is 1.68 bits per heavy atom. The fourth-order valence-electron chi connectivity index (χ4n) is 3.38. The Morgan fingerprint density at radius 1 is 1.00 bits per heavy atom. The third-order valence-corrected chi connectivity index (χ3v) is 5.65. The summed E-state index contributed by atoms with van der Waals surface area (Å²) < 4.78 is 28.3. The molecule has 0 aromatic heterocycles. The number of carbonyl (C=O) groups excluding carboxylic acids is 1. The highest BCUT2D eigenvalue weighted by Gasteiger charge is 2.40. The lowest BCUT2D eigenvalue weighted by molar-refractivity contribution is -0.256. The molecule has 0 spiro atoms. The van der Waals surface area contributed by atoms with Crippen molar-refractivity contribution in [3.63, 3.8) is 0 Å². The highest BCUT2D eigenvalue weighted by Crippen LogP contribution is 2.35. The molecule has 5 atom stereocenters. The summed E-state index contributed by atoms with van der Waals surface area (Å²) in [6.07, 6.45) is -0.607. The second-order valence-electron chi connectivity index (χ2n) is 7.63. The van der Waals surface area contributed by atoms with Crippen LogP contribution in [0, 0.1) is 17.8 Å². The lowest BCUT2D eigenvalue weighted by Gasteiger charge is -2.43. The molecule has 1 fully saturated rings. The molecule has 2 unspecified atom stereocenters. The maximum absolute atomic E-state index is 12.2. The monoisotopic (exact) mass is 435 g/mol. The zero-order chi connectivity index (χ0) is 22.5. The van der Waals surface area contributed by atoms with Gasteiger partial charge in [-0.2, -0.15) is 0 Å². The first-order valence-electron chi connectivity index (χ1n) is 10.7. The van der Waals surface area contributed by atoms with Gasteiger partial charge in [0.25, 0.3) is 0 Å². The first-order valence-corrected chi connectivity index (χ1v) is 10.7. The van der Waals surface area contributed by atoms with Crippen LogP contribution in [0.25, 0.3) is 10.4 Å². The Balaban J connectivity index is 1.69. The quantitative estimate of drug-likeness (QED) is 0.153. The summed E-state index contributed by atoms with van der Waals surface area (Å²) in [6, 6.07) is 8.94. The lowest BCUT2D eigenvalue weighted by atomic mass is 9.79. The van der Waals surface area contributed by atoms with Gasteiger partial charge in [0.2, 0.25) is 0 Å². The van der Waals surface area contributed by atoms with Crippen LogP contribution >= 0.6 is 0 Å². The number of hydrogen-bond acceptors (Lipinski definition) is 7. The van der Waals surface area contributed by atoms with Crippen LogP contribution in [0.5, 0.6) is 0 Å². The fraction of sp³-hybridized carbons (Fsp3) is 0.682. The molecular formula is C22H33N3O6. The van der Waals surface area contributed by atoms with Crippen LogP contribution in [0.4, 0.5) is 0 Å². The molecule has 172 valence electrons. The number of nitrogens with zero attached hydrogens (tertiary/aromatic N) is 3. The fourth-order valence-corrected chi connectivity index (χ4v) is 3.38. The smallest absolute Gasteiger partial charge is 0.338 e. The van der Waals surface area contributed by atoms with E-state index >= 15 is 0 Å². The van der Waals surface area contributed by atoms with E-state index in [4.69, 9.17) is 29.2 Å². The standard InChI is InChI=1S/C22H33N3O6/c1-16-17(2)20(15-30-21(26)19-7-5-4-6-8-19)31-22(18(16)3)29-14-13-28-12-11-27-10-9-24-25-23/h4-8,16-18,20,22H,9-15H2,1-3H3/t16?,17-,18+,20?,22-/m0/s1. The Labute approximate surface area is 183 Å². The summed E-state index contributed by atoms with van der Waals surface area (Å²) in [5, 5.41) is 3.39. The maximum Gasteiger partial charge on any atom is 0.338 e. The van der Waals surface area contributed by atoms with Crippen LogP contribution < -0.4 is 0 Å². The van der Waals surface area contributed by atoms with Crippen LogP contribution in [-0.4, -0.2) is 64.5 Å². The molecule has 1 saturated heterocycles. The summed E-state index contributed by atoms with van der Waals surface area (Å²) in [5.41, 5.74) is 8.70. The van der Waals surface area contributed by atoms with Crippen molar-refractivity contribution in [2.75, 3.05) is 46.2 Å². The van der Waals surface area contributed by atoms with E-state index in [2.05, 4.69) is 30.8 Å². The SMILES string of the molecule is CC1[C@H](C)C(COC(=O)c2ccccc2)O[C@H](OCCOCCOCCN=[N+]=[N-])[C@@H]1C. The summed E-state index contributed by atoms with van der Waals surface area (Å²) in [6.45, 7) is 8.96. The predicted molar refractivity (Wildman–Crippen MR) is 114 cm³/mol. The average Bonchev–Trinajstić information content (AvgIpc) is 2.79. The van der Waals surface area contributed by atoms with Crippen molar-refractivity contribution in [1.82, 2.24) is 0 Å².